The number of carbonyl (C=O) groups is 2. The lowest BCUT2D eigenvalue weighted by Gasteiger charge is -2.34. The fourth-order valence-electron chi connectivity index (χ4n) is 3.61. The number of rotatable bonds is 6. The van der Waals surface area contributed by atoms with Gasteiger partial charge >= 0.3 is 0 Å². The topological polar surface area (TPSA) is 65.8 Å². The van der Waals surface area contributed by atoms with Crippen molar-refractivity contribution in [3.63, 3.8) is 0 Å². The Kier molecular flexibility index (Phi) is 6.52. The zero-order valence-electron chi connectivity index (χ0n) is 17.0. The van der Waals surface area contributed by atoms with Crippen LogP contribution in [0.1, 0.15) is 33.0 Å². The molecule has 1 N–H and O–H groups in total. The first-order valence-corrected chi connectivity index (χ1v) is 9.84. The van der Waals surface area contributed by atoms with Crippen molar-refractivity contribution in [2.24, 2.45) is 0 Å². The molecular weight excluding hydrogens is 354 g/mol. The van der Waals surface area contributed by atoms with Gasteiger partial charge in [0, 0.05) is 32.7 Å². The minimum Gasteiger partial charge on any atom is -0.466 e. The first kappa shape index (κ1) is 20.1. The lowest BCUT2D eigenvalue weighted by molar-refractivity contribution is -0.122. The molecule has 1 aliphatic rings. The van der Waals surface area contributed by atoms with E-state index in [4.69, 9.17) is 4.42 Å². The number of hydrogen-bond acceptors (Lipinski definition) is 4. The van der Waals surface area contributed by atoms with Crippen molar-refractivity contribution in [3.8, 4) is 0 Å². The second-order valence-electron chi connectivity index (χ2n) is 7.42. The summed E-state index contributed by atoms with van der Waals surface area (Å²) in [6.07, 6.45) is 0.837. The van der Waals surface area contributed by atoms with Crippen LogP contribution in [-0.4, -0.2) is 60.9 Å². The molecule has 1 aromatic carbocycles. The van der Waals surface area contributed by atoms with Crippen molar-refractivity contribution in [1.82, 2.24) is 15.1 Å². The Hall–Kier alpha value is -2.60. The number of furan rings is 1. The number of aryl methyl sites for hydroxylation is 3. The van der Waals surface area contributed by atoms with Crippen LogP contribution >= 0.6 is 0 Å². The van der Waals surface area contributed by atoms with Gasteiger partial charge in [-0.15, -0.1) is 0 Å². The molecule has 1 aliphatic heterocycles. The maximum absolute atomic E-state index is 12.6. The van der Waals surface area contributed by atoms with Crippen LogP contribution in [-0.2, 0) is 11.2 Å². The van der Waals surface area contributed by atoms with Crippen LogP contribution < -0.4 is 5.32 Å². The lowest BCUT2D eigenvalue weighted by atomic mass is 10.1. The Morgan fingerprint density at radius 3 is 2.43 bits per heavy atom. The summed E-state index contributed by atoms with van der Waals surface area (Å²) in [7, 11) is 0. The lowest BCUT2D eigenvalue weighted by Crippen LogP contribution is -2.51. The highest BCUT2D eigenvalue weighted by Gasteiger charge is 2.25. The fraction of sp³-hybridized carbons (Fsp3) is 0.455. The summed E-state index contributed by atoms with van der Waals surface area (Å²) in [6, 6.07) is 10.0. The number of nitrogens with one attached hydrogen (secondary N) is 1. The van der Waals surface area contributed by atoms with Crippen LogP contribution in [0, 0.1) is 20.8 Å². The normalized spacial score (nSPS) is 14.9. The molecule has 28 heavy (non-hydrogen) atoms. The van der Waals surface area contributed by atoms with Crippen molar-refractivity contribution in [3.05, 3.63) is 58.5 Å². The van der Waals surface area contributed by atoms with Crippen LogP contribution in [0.5, 0.6) is 0 Å². The van der Waals surface area contributed by atoms with E-state index in [9.17, 15) is 9.59 Å². The molecule has 0 spiro atoms. The third-order valence-electron chi connectivity index (χ3n) is 5.28. The van der Waals surface area contributed by atoms with Gasteiger partial charge in [-0.2, -0.15) is 0 Å². The molecule has 0 saturated carbocycles. The second-order valence-corrected chi connectivity index (χ2v) is 7.42. The minimum atomic E-state index is 0.0108. The number of benzene rings is 1. The molecule has 2 amide bonds. The SMILES string of the molecule is Cc1cc(C(=O)N2CCN(CC(=O)NCCc3ccccc3C)CC2)c(C)o1. The van der Waals surface area contributed by atoms with Crippen LogP contribution in [0.3, 0.4) is 0 Å². The van der Waals surface area contributed by atoms with E-state index in [1.54, 1.807) is 6.07 Å². The first-order valence-electron chi connectivity index (χ1n) is 9.84. The molecular formula is C22H29N3O3. The van der Waals surface area contributed by atoms with Crippen molar-refractivity contribution >= 4 is 11.8 Å². The Morgan fingerprint density at radius 2 is 1.79 bits per heavy atom. The molecule has 0 atom stereocenters. The van der Waals surface area contributed by atoms with Crippen LogP contribution in [0.4, 0.5) is 0 Å². The van der Waals surface area contributed by atoms with E-state index in [0.29, 0.717) is 50.6 Å². The molecule has 6 heteroatoms. The Morgan fingerprint density at radius 1 is 1.07 bits per heavy atom. The zero-order valence-corrected chi connectivity index (χ0v) is 17.0. The number of amides is 2. The van der Waals surface area contributed by atoms with Gasteiger partial charge in [-0.3, -0.25) is 14.5 Å². The number of hydrogen-bond donors (Lipinski definition) is 1. The first-order chi connectivity index (χ1) is 13.4. The van der Waals surface area contributed by atoms with Crippen molar-refractivity contribution < 1.29 is 14.0 Å². The fourth-order valence-corrected chi connectivity index (χ4v) is 3.61. The highest BCUT2D eigenvalue weighted by Crippen LogP contribution is 2.17. The minimum absolute atomic E-state index is 0.0108. The monoisotopic (exact) mass is 383 g/mol. The summed E-state index contributed by atoms with van der Waals surface area (Å²) >= 11 is 0. The summed E-state index contributed by atoms with van der Waals surface area (Å²) in [5.74, 6) is 1.46. The Balaban J connectivity index is 1.40. The van der Waals surface area contributed by atoms with E-state index in [1.165, 1.54) is 11.1 Å². The highest BCUT2D eigenvalue weighted by atomic mass is 16.3. The molecule has 0 bridgehead atoms. The summed E-state index contributed by atoms with van der Waals surface area (Å²) in [5, 5.41) is 3.00. The quantitative estimate of drug-likeness (QED) is 0.831. The Bertz CT molecular complexity index is 835. The molecule has 1 saturated heterocycles. The maximum atomic E-state index is 12.6. The van der Waals surface area contributed by atoms with E-state index in [-0.39, 0.29) is 11.8 Å². The van der Waals surface area contributed by atoms with Crippen molar-refractivity contribution in [2.45, 2.75) is 27.2 Å². The average molecular weight is 383 g/mol. The van der Waals surface area contributed by atoms with Crippen molar-refractivity contribution in [1.29, 1.82) is 0 Å². The van der Waals surface area contributed by atoms with Crippen LogP contribution in [0.15, 0.2) is 34.7 Å². The van der Waals surface area contributed by atoms with Gasteiger partial charge in [0.1, 0.15) is 11.5 Å². The van der Waals surface area contributed by atoms with Crippen LogP contribution in [0.2, 0.25) is 0 Å². The molecule has 2 aromatic rings. The van der Waals surface area contributed by atoms with Gasteiger partial charge in [0.15, 0.2) is 0 Å². The van der Waals surface area contributed by atoms with Crippen molar-refractivity contribution in [2.75, 3.05) is 39.3 Å². The molecule has 6 nitrogen and oxygen atoms in total. The third-order valence-corrected chi connectivity index (χ3v) is 5.28. The Labute approximate surface area is 166 Å². The summed E-state index contributed by atoms with van der Waals surface area (Å²) in [6.45, 7) is 9.42. The van der Waals surface area contributed by atoms with Gasteiger partial charge in [0.05, 0.1) is 12.1 Å². The molecule has 0 radical (unpaired) electrons. The molecule has 0 aliphatic carbocycles. The average Bonchev–Trinajstić information content (AvgIpc) is 3.01. The van der Waals surface area contributed by atoms with Gasteiger partial charge in [-0.25, -0.2) is 0 Å². The standard InChI is InChI=1S/C22H29N3O3/c1-16-6-4-5-7-19(16)8-9-23-21(26)15-24-10-12-25(13-11-24)22(27)20-14-17(2)28-18(20)3/h4-7,14H,8-13,15H2,1-3H3,(H,23,26). The third kappa shape index (κ3) is 5.01. The molecule has 3 rings (SSSR count). The maximum Gasteiger partial charge on any atom is 0.257 e. The van der Waals surface area contributed by atoms with Gasteiger partial charge in [-0.1, -0.05) is 24.3 Å². The van der Waals surface area contributed by atoms with Gasteiger partial charge < -0.3 is 14.6 Å². The molecule has 1 aromatic heterocycles. The van der Waals surface area contributed by atoms with E-state index in [2.05, 4.69) is 29.3 Å². The molecule has 2 heterocycles. The predicted octanol–water partition coefficient (Wildman–Crippen LogP) is 2.32. The number of nitrogens with zero attached hydrogens (tertiary/aromatic N) is 2. The van der Waals surface area contributed by atoms with Gasteiger partial charge in [0.2, 0.25) is 5.91 Å². The van der Waals surface area contributed by atoms with E-state index in [0.717, 1.165) is 12.2 Å². The van der Waals surface area contributed by atoms with Gasteiger partial charge in [0.25, 0.3) is 5.91 Å². The summed E-state index contributed by atoms with van der Waals surface area (Å²) in [5.41, 5.74) is 3.15. The van der Waals surface area contributed by atoms with E-state index in [1.807, 2.05) is 30.9 Å². The largest absolute Gasteiger partial charge is 0.466 e. The number of carbonyl (C=O) groups excluding carboxylic acids is 2. The molecule has 1 fully saturated rings. The van der Waals surface area contributed by atoms with E-state index >= 15 is 0 Å². The van der Waals surface area contributed by atoms with Gasteiger partial charge in [-0.05, 0) is 44.4 Å². The molecule has 0 unspecified atom stereocenters. The summed E-state index contributed by atoms with van der Waals surface area (Å²) in [4.78, 5) is 28.8. The zero-order chi connectivity index (χ0) is 20.1. The number of piperazine rings is 1. The highest BCUT2D eigenvalue weighted by molar-refractivity contribution is 5.95. The molecule has 150 valence electrons. The predicted molar refractivity (Wildman–Crippen MR) is 108 cm³/mol. The van der Waals surface area contributed by atoms with E-state index < -0.39 is 0 Å². The smallest absolute Gasteiger partial charge is 0.257 e. The second kappa shape index (κ2) is 9.06. The summed E-state index contributed by atoms with van der Waals surface area (Å²) < 4.78 is 5.47. The van der Waals surface area contributed by atoms with Crippen LogP contribution in [0.25, 0.3) is 0 Å².